The van der Waals surface area contributed by atoms with Crippen molar-refractivity contribution in [1.82, 2.24) is 0 Å². The number of nitrogens with two attached hydrogens (primary N) is 1. The van der Waals surface area contributed by atoms with Crippen LogP contribution in [0.5, 0.6) is 0 Å². The van der Waals surface area contributed by atoms with Crippen LogP contribution in [0.3, 0.4) is 0 Å². The zero-order valence-corrected chi connectivity index (χ0v) is 12.2. The van der Waals surface area contributed by atoms with Crippen LogP contribution in [0, 0.1) is 6.92 Å². The van der Waals surface area contributed by atoms with Crippen molar-refractivity contribution >= 4 is 29.0 Å². The van der Waals surface area contributed by atoms with Crippen LogP contribution in [-0.4, -0.2) is 11.7 Å². The molecule has 0 aliphatic rings. The molecule has 0 unspecified atom stereocenters. The van der Waals surface area contributed by atoms with E-state index in [1.807, 2.05) is 25.1 Å². The molecule has 106 valence electrons. The van der Waals surface area contributed by atoms with E-state index in [4.69, 9.17) is 10.2 Å². The van der Waals surface area contributed by atoms with Gasteiger partial charge in [0.1, 0.15) is 5.76 Å². The smallest absolute Gasteiger partial charge is 0.224 e. The third-order valence-electron chi connectivity index (χ3n) is 2.79. The van der Waals surface area contributed by atoms with E-state index in [-0.39, 0.29) is 5.91 Å². The van der Waals surface area contributed by atoms with Crippen LogP contribution in [0.15, 0.2) is 45.9 Å². The number of furan rings is 1. The maximum absolute atomic E-state index is 11.8. The number of carbonyl (C=O) groups is 1. The molecule has 1 aromatic carbocycles. The van der Waals surface area contributed by atoms with Gasteiger partial charge in [-0.1, -0.05) is 6.07 Å². The molecule has 0 aliphatic heterocycles. The number of anilines is 2. The van der Waals surface area contributed by atoms with Crippen molar-refractivity contribution in [2.75, 3.05) is 16.8 Å². The maximum Gasteiger partial charge on any atom is 0.224 e. The third kappa shape index (κ3) is 4.35. The molecule has 20 heavy (non-hydrogen) atoms. The van der Waals surface area contributed by atoms with E-state index in [2.05, 4.69) is 5.32 Å². The number of amides is 1. The number of nitrogen functional groups attached to an aromatic ring is 1. The molecule has 0 bridgehead atoms. The molecule has 2 rings (SSSR count). The minimum atomic E-state index is 0.0140. The van der Waals surface area contributed by atoms with Gasteiger partial charge >= 0.3 is 0 Å². The first-order valence-electron chi connectivity index (χ1n) is 6.47. The molecule has 5 heteroatoms. The molecule has 4 nitrogen and oxygen atoms in total. The highest BCUT2D eigenvalue weighted by atomic mass is 32.2. The van der Waals surface area contributed by atoms with Gasteiger partial charge in [-0.3, -0.25) is 4.79 Å². The van der Waals surface area contributed by atoms with E-state index in [1.165, 1.54) is 0 Å². The minimum absolute atomic E-state index is 0.0140. The minimum Gasteiger partial charge on any atom is -0.468 e. The van der Waals surface area contributed by atoms with Crippen molar-refractivity contribution in [3.63, 3.8) is 0 Å². The molecule has 0 aliphatic carbocycles. The summed E-state index contributed by atoms with van der Waals surface area (Å²) in [6.07, 6.45) is 3.01. The van der Waals surface area contributed by atoms with Gasteiger partial charge in [-0.15, -0.1) is 11.8 Å². The first-order valence-corrected chi connectivity index (χ1v) is 7.46. The van der Waals surface area contributed by atoms with Crippen molar-refractivity contribution < 1.29 is 9.21 Å². The molecule has 1 heterocycles. The number of nitrogens with one attached hydrogen (secondary N) is 1. The Bertz CT molecular complexity index is 581. The van der Waals surface area contributed by atoms with E-state index < -0.39 is 0 Å². The SMILES string of the molecule is Cc1occc1SCCCC(=O)Nc1cccc(N)c1. The monoisotopic (exact) mass is 290 g/mol. The molecule has 2 aromatic rings. The maximum atomic E-state index is 11.8. The van der Waals surface area contributed by atoms with Crippen LogP contribution in [0.25, 0.3) is 0 Å². The summed E-state index contributed by atoms with van der Waals surface area (Å²) in [5.41, 5.74) is 7.05. The Morgan fingerprint density at radius 1 is 1.40 bits per heavy atom. The van der Waals surface area contributed by atoms with Gasteiger partial charge in [0.05, 0.1) is 6.26 Å². The standard InChI is InChI=1S/C15H18N2O2S/c1-11-14(7-8-19-11)20-9-3-6-15(18)17-13-5-2-4-12(16)10-13/h2,4-5,7-8,10H,3,6,9,16H2,1H3,(H,17,18). The van der Waals surface area contributed by atoms with Gasteiger partial charge in [0.2, 0.25) is 5.91 Å². The summed E-state index contributed by atoms with van der Waals surface area (Å²) in [6, 6.07) is 9.15. The molecule has 0 fully saturated rings. The van der Waals surface area contributed by atoms with Crippen molar-refractivity contribution in [1.29, 1.82) is 0 Å². The van der Waals surface area contributed by atoms with Crippen LogP contribution in [0.1, 0.15) is 18.6 Å². The fraction of sp³-hybridized carbons (Fsp3) is 0.267. The first kappa shape index (κ1) is 14.5. The van der Waals surface area contributed by atoms with Crippen LogP contribution in [0.4, 0.5) is 11.4 Å². The van der Waals surface area contributed by atoms with Gasteiger partial charge in [-0.05, 0) is 43.4 Å². The van der Waals surface area contributed by atoms with Gasteiger partial charge in [-0.25, -0.2) is 0 Å². The number of hydrogen-bond donors (Lipinski definition) is 2. The highest BCUT2D eigenvalue weighted by molar-refractivity contribution is 7.99. The second kappa shape index (κ2) is 7.05. The summed E-state index contributed by atoms with van der Waals surface area (Å²) < 4.78 is 5.22. The summed E-state index contributed by atoms with van der Waals surface area (Å²) in [4.78, 5) is 12.9. The average molecular weight is 290 g/mol. The molecule has 0 atom stereocenters. The summed E-state index contributed by atoms with van der Waals surface area (Å²) in [5.74, 6) is 1.84. The number of aryl methyl sites for hydroxylation is 1. The Hall–Kier alpha value is -1.88. The van der Waals surface area contributed by atoms with Crippen molar-refractivity contribution in [2.45, 2.75) is 24.7 Å². The second-order valence-corrected chi connectivity index (χ2v) is 5.60. The Kier molecular flexibility index (Phi) is 5.12. The summed E-state index contributed by atoms with van der Waals surface area (Å²) >= 11 is 1.71. The van der Waals surface area contributed by atoms with E-state index in [9.17, 15) is 4.79 Å². The zero-order valence-electron chi connectivity index (χ0n) is 11.4. The van der Waals surface area contributed by atoms with Gasteiger partial charge in [-0.2, -0.15) is 0 Å². The predicted octanol–water partition coefficient (Wildman–Crippen LogP) is 3.68. The number of hydrogen-bond acceptors (Lipinski definition) is 4. The van der Waals surface area contributed by atoms with Crippen LogP contribution in [-0.2, 0) is 4.79 Å². The molecular formula is C15H18N2O2S. The zero-order chi connectivity index (χ0) is 14.4. The number of carbonyl (C=O) groups excluding carboxylic acids is 1. The number of rotatable bonds is 6. The Morgan fingerprint density at radius 2 is 2.25 bits per heavy atom. The normalized spacial score (nSPS) is 10.4. The molecule has 3 N–H and O–H groups in total. The highest BCUT2D eigenvalue weighted by Crippen LogP contribution is 2.24. The summed E-state index contributed by atoms with van der Waals surface area (Å²) in [6.45, 7) is 1.94. The number of thioether (sulfide) groups is 1. The lowest BCUT2D eigenvalue weighted by Crippen LogP contribution is -2.11. The van der Waals surface area contributed by atoms with E-state index in [0.29, 0.717) is 12.1 Å². The fourth-order valence-electron chi connectivity index (χ4n) is 1.78. The molecular weight excluding hydrogens is 272 g/mol. The van der Waals surface area contributed by atoms with Crippen LogP contribution >= 0.6 is 11.8 Å². The van der Waals surface area contributed by atoms with E-state index >= 15 is 0 Å². The molecule has 0 saturated heterocycles. The quantitative estimate of drug-likeness (QED) is 0.484. The summed E-state index contributed by atoms with van der Waals surface area (Å²) in [5, 5.41) is 2.84. The molecule has 0 spiro atoms. The molecule has 1 aromatic heterocycles. The lowest BCUT2D eigenvalue weighted by atomic mass is 10.2. The topological polar surface area (TPSA) is 68.3 Å². The Labute approximate surface area is 122 Å². The van der Waals surface area contributed by atoms with Gasteiger partial charge in [0, 0.05) is 22.7 Å². The predicted molar refractivity (Wildman–Crippen MR) is 82.9 cm³/mol. The second-order valence-electron chi connectivity index (χ2n) is 4.47. The molecule has 0 saturated carbocycles. The van der Waals surface area contributed by atoms with Crippen molar-refractivity contribution in [3.8, 4) is 0 Å². The van der Waals surface area contributed by atoms with E-state index in [0.717, 1.165) is 28.5 Å². The van der Waals surface area contributed by atoms with Gasteiger partial charge in [0.15, 0.2) is 0 Å². The van der Waals surface area contributed by atoms with Gasteiger partial charge in [0.25, 0.3) is 0 Å². The van der Waals surface area contributed by atoms with Gasteiger partial charge < -0.3 is 15.5 Å². The highest BCUT2D eigenvalue weighted by Gasteiger charge is 2.05. The lowest BCUT2D eigenvalue weighted by Gasteiger charge is -2.05. The largest absolute Gasteiger partial charge is 0.468 e. The van der Waals surface area contributed by atoms with Crippen LogP contribution in [0.2, 0.25) is 0 Å². The number of benzene rings is 1. The van der Waals surface area contributed by atoms with Crippen LogP contribution < -0.4 is 11.1 Å². The lowest BCUT2D eigenvalue weighted by molar-refractivity contribution is -0.116. The van der Waals surface area contributed by atoms with Crippen molar-refractivity contribution in [3.05, 3.63) is 42.4 Å². The Balaban J connectivity index is 1.69. The molecule has 0 radical (unpaired) electrons. The third-order valence-corrected chi connectivity index (χ3v) is 4.01. The molecule has 1 amide bonds. The first-order chi connectivity index (χ1) is 9.65. The fourth-order valence-corrected chi connectivity index (χ4v) is 2.69. The summed E-state index contributed by atoms with van der Waals surface area (Å²) in [7, 11) is 0. The van der Waals surface area contributed by atoms with Crippen molar-refractivity contribution in [2.24, 2.45) is 0 Å². The Morgan fingerprint density at radius 3 is 2.95 bits per heavy atom. The van der Waals surface area contributed by atoms with E-state index in [1.54, 1.807) is 30.2 Å². The average Bonchev–Trinajstić information content (AvgIpc) is 2.80.